The first-order valence-electron chi connectivity index (χ1n) is 7.25. The molecule has 0 aliphatic heterocycles. The van der Waals surface area contributed by atoms with Gasteiger partial charge in [0.05, 0.1) is 7.11 Å². The maximum absolute atomic E-state index is 12.9. The second-order valence-electron chi connectivity index (χ2n) is 4.95. The number of nitrogens with one attached hydrogen (secondary N) is 1. The Morgan fingerprint density at radius 1 is 1.00 bits per heavy atom. The Balaban J connectivity index is 2.29. The summed E-state index contributed by atoms with van der Waals surface area (Å²) in [7, 11) is 1.03. The lowest BCUT2D eigenvalue weighted by atomic mass is 10.2. The molecule has 0 saturated carbocycles. The van der Waals surface area contributed by atoms with Crippen LogP contribution in [-0.2, 0) is 20.2 Å². The third kappa shape index (κ3) is 4.43. The number of rotatable bonds is 8. The molecular weight excluding hydrogens is 313 g/mol. The van der Waals surface area contributed by atoms with E-state index in [9.17, 15) is 4.57 Å². The maximum Gasteiger partial charge on any atom is 0.351 e. The predicted molar refractivity (Wildman–Crippen MR) is 90.6 cm³/mol. The lowest BCUT2D eigenvalue weighted by Gasteiger charge is -2.26. The quantitative estimate of drug-likeness (QED) is 0.740. The Labute approximate surface area is 137 Å². The van der Waals surface area contributed by atoms with Crippen molar-refractivity contribution in [2.75, 3.05) is 21.3 Å². The Morgan fingerprint density at radius 2 is 1.70 bits per heavy atom. The van der Waals surface area contributed by atoms with E-state index in [4.69, 9.17) is 13.8 Å². The highest BCUT2D eigenvalue weighted by Gasteiger charge is 2.35. The summed E-state index contributed by atoms with van der Waals surface area (Å²) in [5, 5.41) is 3.28. The van der Waals surface area contributed by atoms with Crippen LogP contribution in [0.2, 0.25) is 0 Å². The van der Waals surface area contributed by atoms with E-state index in [1.807, 2.05) is 54.6 Å². The molecule has 0 aromatic heterocycles. The molecule has 23 heavy (non-hydrogen) atoms. The van der Waals surface area contributed by atoms with Gasteiger partial charge >= 0.3 is 7.60 Å². The van der Waals surface area contributed by atoms with Gasteiger partial charge in [-0.1, -0.05) is 42.5 Å². The highest BCUT2D eigenvalue weighted by atomic mass is 31.2. The molecule has 1 N–H and O–H groups in total. The number of ether oxygens (including phenoxy) is 1. The number of methoxy groups -OCH3 is 1. The molecule has 0 amide bonds. The van der Waals surface area contributed by atoms with Crippen molar-refractivity contribution in [1.82, 2.24) is 5.32 Å². The highest BCUT2D eigenvalue weighted by Crippen LogP contribution is 2.58. The molecule has 0 aliphatic carbocycles. The van der Waals surface area contributed by atoms with E-state index < -0.39 is 13.4 Å². The summed E-state index contributed by atoms with van der Waals surface area (Å²) in [4.78, 5) is 0. The second-order valence-corrected chi connectivity index (χ2v) is 7.28. The molecule has 5 nitrogen and oxygen atoms in total. The Morgan fingerprint density at radius 3 is 2.30 bits per heavy atom. The normalized spacial score (nSPS) is 12.8. The minimum atomic E-state index is -3.35. The first kappa shape index (κ1) is 17.7. The molecular formula is C17H22NO4P. The van der Waals surface area contributed by atoms with E-state index in [1.54, 1.807) is 7.11 Å². The smallest absolute Gasteiger partial charge is 0.351 e. The topological polar surface area (TPSA) is 56.8 Å². The Bertz CT molecular complexity index is 655. The van der Waals surface area contributed by atoms with Crippen LogP contribution in [0.1, 0.15) is 16.9 Å². The summed E-state index contributed by atoms with van der Waals surface area (Å²) in [6, 6.07) is 17.3. The average molecular weight is 335 g/mol. The fraction of sp³-hybridized carbons (Fsp3) is 0.294. The largest absolute Gasteiger partial charge is 0.497 e. The van der Waals surface area contributed by atoms with Gasteiger partial charge in [0.25, 0.3) is 0 Å². The van der Waals surface area contributed by atoms with Gasteiger partial charge in [-0.2, -0.15) is 0 Å². The molecule has 0 fully saturated rings. The van der Waals surface area contributed by atoms with Crippen LogP contribution >= 0.6 is 7.60 Å². The summed E-state index contributed by atoms with van der Waals surface area (Å²) in [5.41, 5.74) is 1.87. The highest BCUT2D eigenvalue weighted by molar-refractivity contribution is 7.54. The molecule has 0 spiro atoms. The molecule has 0 saturated heterocycles. The van der Waals surface area contributed by atoms with Gasteiger partial charge in [-0.05, 0) is 23.3 Å². The summed E-state index contributed by atoms with van der Waals surface area (Å²) in [6.07, 6.45) is 0. The van der Waals surface area contributed by atoms with Crippen LogP contribution in [0.5, 0.6) is 5.75 Å². The third-order valence-electron chi connectivity index (χ3n) is 3.58. The number of hydrogen-bond acceptors (Lipinski definition) is 5. The molecule has 0 radical (unpaired) electrons. The molecule has 2 aromatic carbocycles. The van der Waals surface area contributed by atoms with Gasteiger partial charge in [0, 0.05) is 20.8 Å². The van der Waals surface area contributed by atoms with Crippen LogP contribution in [0.25, 0.3) is 0 Å². The monoisotopic (exact) mass is 335 g/mol. The molecule has 0 aliphatic rings. The van der Waals surface area contributed by atoms with Gasteiger partial charge in [0.15, 0.2) is 0 Å². The molecule has 6 heteroatoms. The summed E-state index contributed by atoms with van der Waals surface area (Å²) >= 11 is 0. The molecule has 2 rings (SSSR count). The van der Waals surface area contributed by atoms with Crippen LogP contribution in [-0.4, -0.2) is 21.3 Å². The van der Waals surface area contributed by atoms with E-state index in [-0.39, 0.29) is 0 Å². The average Bonchev–Trinajstić information content (AvgIpc) is 2.62. The third-order valence-corrected chi connectivity index (χ3v) is 5.71. The van der Waals surface area contributed by atoms with Crippen molar-refractivity contribution >= 4 is 7.60 Å². The van der Waals surface area contributed by atoms with Crippen LogP contribution in [0.4, 0.5) is 0 Å². The van der Waals surface area contributed by atoms with E-state index >= 15 is 0 Å². The molecule has 0 heterocycles. The van der Waals surface area contributed by atoms with Crippen molar-refractivity contribution < 1.29 is 18.3 Å². The van der Waals surface area contributed by atoms with Crippen molar-refractivity contribution in [3.8, 4) is 5.75 Å². The van der Waals surface area contributed by atoms with Crippen molar-refractivity contribution in [2.45, 2.75) is 12.3 Å². The molecule has 1 unspecified atom stereocenters. The lowest BCUT2D eigenvalue weighted by Crippen LogP contribution is -2.22. The minimum absolute atomic E-state index is 0.541. The Kier molecular flexibility index (Phi) is 6.37. The van der Waals surface area contributed by atoms with Crippen LogP contribution in [0.3, 0.4) is 0 Å². The summed E-state index contributed by atoms with van der Waals surface area (Å²) in [5.74, 6) is 0.0978. The maximum atomic E-state index is 12.9. The summed E-state index contributed by atoms with van der Waals surface area (Å²) in [6.45, 7) is 0.541. The minimum Gasteiger partial charge on any atom is -0.497 e. The second kappa shape index (κ2) is 8.27. The predicted octanol–water partition coefficient (Wildman–Crippen LogP) is 3.97. The van der Waals surface area contributed by atoms with Crippen molar-refractivity contribution in [1.29, 1.82) is 0 Å². The van der Waals surface area contributed by atoms with Gasteiger partial charge in [-0.15, -0.1) is 0 Å². The van der Waals surface area contributed by atoms with Gasteiger partial charge in [-0.25, -0.2) is 0 Å². The molecule has 2 aromatic rings. The zero-order valence-corrected chi connectivity index (χ0v) is 14.5. The summed E-state index contributed by atoms with van der Waals surface area (Å²) < 4.78 is 28.6. The van der Waals surface area contributed by atoms with Crippen molar-refractivity contribution in [2.24, 2.45) is 0 Å². The Hall–Kier alpha value is -1.65. The first-order chi connectivity index (χ1) is 11.1. The zero-order chi connectivity index (χ0) is 16.7. The van der Waals surface area contributed by atoms with Gasteiger partial charge in [-0.3, -0.25) is 9.88 Å². The standard InChI is InChI=1S/C17H22NO4P/c1-20-16-11-7-10-15(12-16)17(23(19,21-2)22-3)18-13-14-8-5-4-6-9-14/h4-12,17-18H,13H2,1-3H3. The SMILES string of the molecule is COc1cccc(C(NCc2ccccc2)P(=O)(OC)OC)c1. The number of hydrogen-bond donors (Lipinski definition) is 1. The van der Waals surface area contributed by atoms with Crippen molar-refractivity contribution in [3.05, 3.63) is 65.7 Å². The van der Waals surface area contributed by atoms with Crippen molar-refractivity contribution in [3.63, 3.8) is 0 Å². The molecule has 0 bridgehead atoms. The van der Waals surface area contributed by atoms with E-state index in [0.29, 0.717) is 12.3 Å². The number of benzene rings is 2. The van der Waals surface area contributed by atoms with Gasteiger partial charge in [0.2, 0.25) is 0 Å². The van der Waals surface area contributed by atoms with Crippen LogP contribution < -0.4 is 10.1 Å². The van der Waals surface area contributed by atoms with Crippen LogP contribution in [0, 0.1) is 0 Å². The van der Waals surface area contributed by atoms with Gasteiger partial charge < -0.3 is 13.8 Å². The molecule has 1 atom stereocenters. The fourth-order valence-corrected chi connectivity index (χ4v) is 3.73. The first-order valence-corrected chi connectivity index (χ1v) is 8.86. The van der Waals surface area contributed by atoms with Crippen LogP contribution in [0.15, 0.2) is 54.6 Å². The molecule has 124 valence electrons. The van der Waals surface area contributed by atoms with Gasteiger partial charge in [0.1, 0.15) is 11.5 Å². The zero-order valence-electron chi connectivity index (χ0n) is 13.6. The lowest BCUT2D eigenvalue weighted by molar-refractivity contribution is 0.259. The van der Waals surface area contributed by atoms with E-state index in [1.165, 1.54) is 14.2 Å². The fourth-order valence-electron chi connectivity index (χ4n) is 2.32. The van der Waals surface area contributed by atoms with E-state index in [2.05, 4.69) is 5.32 Å². The van der Waals surface area contributed by atoms with E-state index in [0.717, 1.165) is 11.1 Å².